The van der Waals surface area contributed by atoms with Gasteiger partial charge in [-0.25, -0.2) is 0 Å². The molecule has 1 aliphatic rings. The van der Waals surface area contributed by atoms with E-state index in [-0.39, 0.29) is 23.1 Å². The van der Waals surface area contributed by atoms with E-state index in [1.165, 1.54) is 0 Å². The summed E-state index contributed by atoms with van der Waals surface area (Å²) in [7, 11) is -1.76. The molecule has 0 aromatic heterocycles. The second kappa shape index (κ2) is 5.96. The Kier molecular flexibility index (Phi) is 5.24. The van der Waals surface area contributed by atoms with Crippen molar-refractivity contribution in [2.75, 3.05) is 0 Å². The second-order valence-electron chi connectivity index (χ2n) is 7.76. The van der Waals surface area contributed by atoms with Gasteiger partial charge in [0.25, 0.3) is 0 Å². The van der Waals surface area contributed by atoms with Crippen molar-refractivity contribution in [1.29, 1.82) is 0 Å². The molecular formula is C15H31NO2Si. The molecule has 2 atom stereocenters. The first-order valence-electron chi connectivity index (χ1n) is 7.50. The highest BCUT2D eigenvalue weighted by atomic mass is 28.4. The number of hydrogen-bond acceptors (Lipinski definition) is 2. The molecule has 1 heterocycles. The van der Waals surface area contributed by atoms with Gasteiger partial charge in [-0.3, -0.25) is 4.79 Å². The molecule has 19 heavy (non-hydrogen) atoms. The standard InChI is InChI=1S/C15H31NO2Si/c1-11(2)10-12-13(8-9-14(17)16-12)18-19(6,7)15(3,4)5/h11-13H,8-10H2,1-7H3,(H,16,17)/t12-,13+/m1/s1. The summed E-state index contributed by atoms with van der Waals surface area (Å²) < 4.78 is 6.53. The van der Waals surface area contributed by atoms with Crippen LogP contribution in [0.4, 0.5) is 0 Å². The fraction of sp³-hybridized carbons (Fsp3) is 0.933. The van der Waals surface area contributed by atoms with Gasteiger partial charge in [-0.1, -0.05) is 34.6 Å². The summed E-state index contributed by atoms with van der Waals surface area (Å²) in [6.45, 7) is 15.8. The zero-order chi connectivity index (χ0) is 14.8. The second-order valence-corrected chi connectivity index (χ2v) is 12.5. The maximum atomic E-state index is 11.6. The summed E-state index contributed by atoms with van der Waals surface area (Å²) >= 11 is 0. The van der Waals surface area contributed by atoms with E-state index < -0.39 is 8.32 Å². The first-order valence-corrected chi connectivity index (χ1v) is 10.4. The van der Waals surface area contributed by atoms with Crippen molar-refractivity contribution in [2.24, 2.45) is 5.92 Å². The van der Waals surface area contributed by atoms with Crippen molar-refractivity contribution in [1.82, 2.24) is 5.32 Å². The van der Waals surface area contributed by atoms with Crippen molar-refractivity contribution < 1.29 is 9.22 Å². The van der Waals surface area contributed by atoms with E-state index in [4.69, 9.17) is 4.43 Å². The largest absolute Gasteiger partial charge is 0.412 e. The van der Waals surface area contributed by atoms with Crippen LogP contribution in [0.1, 0.15) is 53.9 Å². The number of hydrogen-bond donors (Lipinski definition) is 1. The van der Waals surface area contributed by atoms with Gasteiger partial charge < -0.3 is 9.74 Å². The normalized spacial score (nSPS) is 25.6. The molecule has 1 amide bonds. The fourth-order valence-electron chi connectivity index (χ4n) is 2.26. The summed E-state index contributed by atoms with van der Waals surface area (Å²) in [6.07, 6.45) is 2.68. The highest BCUT2D eigenvalue weighted by Crippen LogP contribution is 2.38. The summed E-state index contributed by atoms with van der Waals surface area (Å²) in [6, 6.07) is 0.190. The summed E-state index contributed by atoms with van der Waals surface area (Å²) in [5.41, 5.74) is 0. The molecule has 0 aliphatic carbocycles. The zero-order valence-corrected chi connectivity index (χ0v) is 14.7. The third kappa shape index (κ3) is 4.60. The number of carbonyl (C=O) groups excluding carboxylic acids is 1. The molecular weight excluding hydrogens is 254 g/mol. The van der Waals surface area contributed by atoms with Crippen molar-refractivity contribution >= 4 is 14.2 Å². The van der Waals surface area contributed by atoms with Gasteiger partial charge in [0.15, 0.2) is 8.32 Å². The maximum absolute atomic E-state index is 11.6. The van der Waals surface area contributed by atoms with Crippen LogP contribution < -0.4 is 5.32 Å². The molecule has 0 unspecified atom stereocenters. The average Bonchev–Trinajstić information content (AvgIpc) is 2.19. The molecule has 1 saturated heterocycles. The van der Waals surface area contributed by atoms with Gasteiger partial charge in [-0.2, -0.15) is 0 Å². The Balaban J connectivity index is 2.76. The summed E-state index contributed by atoms with van der Waals surface area (Å²) in [4.78, 5) is 11.6. The van der Waals surface area contributed by atoms with Crippen LogP contribution in [0.15, 0.2) is 0 Å². The SMILES string of the molecule is CC(C)C[C@H]1NC(=O)CC[C@@H]1O[Si](C)(C)C(C)(C)C. The average molecular weight is 286 g/mol. The molecule has 0 spiro atoms. The number of piperidine rings is 1. The molecule has 1 aliphatic heterocycles. The van der Waals surface area contributed by atoms with Gasteiger partial charge in [0.2, 0.25) is 5.91 Å². The molecule has 1 rings (SSSR count). The number of rotatable bonds is 4. The highest BCUT2D eigenvalue weighted by Gasteiger charge is 2.42. The van der Waals surface area contributed by atoms with Gasteiger partial charge in [0, 0.05) is 6.42 Å². The Labute approximate surface area is 119 Å². The van der Waals surface area contributed by atoms with E-state index >= 15 is 0 Å². The van der Waals surface area contributed by atoms with Crippen LogP contribution >= 0.6 is 0 Å². The van der Waals surface area contributed by atoms with Gasteiger partial charge in [0.1, 0.15) is 0 Å². The van der Waals surface area contributed by atoms with E-state index in [0.29, 0.717) is 12.3 Å². The van der Waals surface area contributed by atoms with Crippen LogP contribution in [-0.4, -0.2) is 26.4 Å². The Hall–Kier alpha value is -0.353. The zero-order valence-electron chi connectivity index (χ0n) is 13.7. The van der Waals surface area contributed by atoms with Crippen LogP contribution in [0.2, 0.25) is 18.1 Å². The predicted octanol–water partition coefficient (Wildman–Crippen LogP) is 3.70. The Morgan fingerprint density at radius 1 is 1.37 bits per heavy atom. The Morgan fingerprint density at radius 2 is 1.95 bits per heavy atom. The third-order valence-electron chi connectivity index (χ3n) is 4.43. The molecule has 0 saturated carbocycles. The van der Waals surface area contributed by atoms with E-state index in [0.717, 1.165) is 12.8 Å². The van der Waals surface area contributed by atoms with Crippen LogP contribution in [0.25, 0.3) is 0 Å². The quantitative estimate of drug-likeness (QED) is 0.800. The van der Waals surface area contributed by atoms with E-state index in [2.05, 4.69) is 53.0 Å². The maximum Gasteiger partial charge on any atom is 0.220 e. The highest BCUT2D eigenvalue weighted by molar-refractivity contribution is 6.74. The molecule has 0 aromatic carbocycles. The van der Waals surface area contributed by atoms with Crippen LogP contribution in [-0.2, 0) is 9.22 Å². The molecule has 4 heteroatoms. The molecule has 3 nitrogen and oxygen atoms in total. The van der Waals surface area contributed by atoms with E-state index in [9.17, 15) is 4.79 Å². The number of amides is 1. The van der Waals surface area contributed by atoms with Crippen LogP contribution in [0.3, 0.4) is 0 Å². The number of carbonyl (C=O) groups is 1. The molecule has 0 bridgehead atoms. The predicted molar refractivity (Wildman–Crippen MR) is 82.7 cm³/mol. The topological polar surface area (TPSA) is 38.3 Å². The van der Waals surface area contributed by atoms with Crippen molar-refractivity contribution in [3.63, 3.8) is 0 Å². The minimum absolute atomic E-state index is 0.181. The van der Waals surface area contributed by atoms with E-state index in [1.54, 1.807) is 0 Å². The minimum Gasteiger partial charge on any atom is -0.412 e. The smallest absolute Gasteiger partial charge is 0.220 e. The summed E-state index contributed by atoms with van der Waals surface area (Å²) in [5.74, 6) is 0.759. The molecule has 1 N–H and O–H groups in total. The van der Waals surface area contributed by atoms with Gasteiger partial charge in [0.05, 0.1) is 12.1 Å². The van der Waals surface area contributed by atoms with Crippen molar-refractivity contribution in [3.05, 3.63) is 0 Å². The summed E-state index contributed by atoms with van der Waals surface area (Å²) in [5, 5.41) is 3.35. The Morgan fingerprint density at radius 3 is 2.42 bits per heavy atom. The molecule has 0 radical (unpaired) electrons. The van der Waals surface area contributed by atoms with Crippen LogP contribution in [0.5, 0.6) is 0 Å². The monoisotopic (exact) mass is 285 g/mol. The van der Waals surface area contributed by atoms with Gasteiger partial charge in [-0.05, 0) is 36.9 Å². The lowest BCUT2D eigenvalue weighted by atomic mass is 9.93. The third-order valence-corrected chi connectivity index (χ3v) is 8.93. The lowest BCUT2D eigenvalue weighted by Gasteiger charge is -2.43. The molecule has 0 aromatic rings. The van der Waals surface area contributed by atoms with Crippen LogP contribution in [0, 0.1) is 5.92 Å². The minimum atomic E-state index is -1.76. The lowest BCUT2D eigenvalue weighted by molar-refractivity contribution is -0.125. The fourth-order valence-corrected chi connectivity index (χ4v) is 3.65. The first kappa shape index (κ1) is 16.7. The van der Waals surface area contributed by atoms with Crippen molar-refractivity contribution in [2.45, 2.75) is 84.2 Å². The molecule has 1 fully saturated rings. The number of nitrogens with one attached hydrogen (secondary N) is 1. The van der Waals surface area contributed by atoms with Crippen molar-refractivity contribution in [3.8, 4) is 0 Å². The Bertz CT molecular complexity index is 321. The lowest BCUT2D eigenvalue weighted by Crippen LogP contribution is -2.55. The van der Waals surface area contributed by atoms with E-state index in [1.807, 2.05) is 0 Å². The molecule has 112 valence electrons. The van der Waals surface area contributed by atoms with Gasteiger partial charge in [-0.15, -0.1) is 0 Å². The first-order chi connectivity index (χ1) is 8.53. The van der Waals surface area contributed by atoms with Gasteiger partial charge >= 0.3 is 0 Å².